The molecule has 0 spiro atoms. The molecule has 0 amide bonds. The zero-order chi connectivity index (χ0) is 13.0. The Labute approximate surface area is 94.3 Å². The summed E-state index contributed by atoms with van der Waals surface area (Å²) in [4.78, 5) is 0. The van der Waals surface area contributed by atoms with E-state index in [1.54, 1.807) is 20.8 Å². The fraction of sp³-hybridized carbons (Fsp3) is 1.00. The number of hydrogen-bond acceptors (Lipinski definition) is 3. The van der Waals surface area contributed by atoms with Crippen LogP contribution in [0.1, 0.15) is 20.8 Å². The molecule has 0 saturated carbocycles. The number of alkyl halides is 3. The molecule has 0 aromatic rings. The second kappa shape index (κ2) is 5.86. The lowest BCUT2D eigenvalue weighted by molar-refractivity contribution is -0.124. The summed E-state index contributed by atoms with van der Waals surface area (Å²) in [6.07, 6.45) is -4.30. The van der Waals surface area contributed by atoms with Crippen molar-refractivity contribution in [3.63, 3.8) is 0 Å². The molecule has 0 bridgehead atoms. The van der Waals surface area contributed by atoms with Crippen molar-refractivity contribution < 1.29 is 21.6 Å². The first kappa shape index (κ1) is 15.7. The van der Waals surface area contributed by atoms with Crippen molar-refractivity contribution in [3.05, 3.63) is 0 Å². The number of halogens is 3. The van der Waals surface area contributed by atoms with Gasteiger partial charge in [0.25, 0.3) is 0 Å². The third-order valence-electron chi connectivity index (χ3n) is 2.39. The Balaban J connectivity index is 4.02. The normalized spacial score (nSPS) is 15.4. The second-order valence-corrected chi connectivity index (χ2v) is 6.59. The monoisotopic (exact) mass is 261 g/mol. The summed E-state index contributed by atoms with van der Waals surface area (Å²) in [5.41, 5.74) is 0. The summed E-state index contributed by atoms with van der Waals surface area (Å²) >= 11 is 0. The van der Waals surface area contributed by atoms with E-state index in [9.17, 15) is 21.6 Å². The molecule has 98 valence electrons. The standard InChI is InChI=1S/C9H18F3NO2S/c1-7(2)8(3)16(14,15)5-4-13-6-9(10,11)12/h7-8,13H,4-6H2,1-3H3. The molecule has 0 saturated heterocycles. The highest BCUT2D eigenvalue weighted by atomic mass is 32.2. The quantitative estimate of drug-likeness (QED) is 0.739. The molecule has 1 N–H and O–H groups in total. The molecular formula is C9H18F3NO2S. The lowest BCUT2D eigenvalue weighted by Crippen LogP contribution is -2.35. The highest BCUT2D eigenvalue weighted by Crippen LogP contribution is 2.13. The predicted octanol–water partition coefficient (Wildman–Crippen LogP) is 1.60. The lowest BCUT2D eigenvalue weighted by Gasteiger charge is -2.16. The van der Waals surface area contributed by atoms with E-state index in [0.717, 1.165) is 0 Å². The van der Waals surface area contributed by atoms with Gasteiger partial charge in [-0.25, -0.2) is 8.42 Å². The first-order valence-electron chi connectivity index (χ1n) is 5.05. The van der Waals surface area contributed by atoms with E-state index in [1.807, 2.05) is 0 Å². The first-order chi connectivity index (χ1) is 7.06. The zero-order valence-corrected chi connectivity index (χ0v) is 10.5. The Morgan fingerprint density at radius 3 is 2.06 bits per heavy atom. The molecular weight excluding hydrogens is 243 g/mol. The van der Waals surface area contributed by atoms with Crippen LogP contribution in [0.15, 0.2) is 0 Å². The van der Waals surface area contributed by atoms with Crippen LogP contribution in [-0.2, 0) is 9.84 Å². The smallest absolute Gasteiger partial charge is 0.308 e. The molecule has 3 nitrogen and oxygen atoms in total. The molecule has 16 heavy (non-hydrogen) atoms. The molecule has 0 heterocycles. The average Bonchev–Trinajstić information content (AvgIpc) is 2.09. The minimum Gasteiger partial charge on any atom is -0.308 e. The van der Waals surface area contributed by atoms with Crippen LogP contribution in [-0.4, -0.2) is 38.7 Å². The van der Waals surface area contributed by atoms with E-state index in [0.29, 0.717) is 0 Å². The fourth-order valence-electron chi connectivity index (χ4n) is 1.05. The van der Waals surface area contributed by atoms with Crippen LogP contribution in [0, 0.1) is 5.92 Å². The molecule has 0 aliphatic carbocycles. The van der Waals surface area contributed by atoms with Gasteiger partial charge in [-0.05, 0) is 12.8 Å². The third kappa shape index (κ3) is 6.32. The SMILES string of the molecule is CC(C)C(C)S(=O)(=O)CCNCC(F)(F)F. The number of rotatable bonds is 6. The van der Waals surface area contributed by atoms with Crippen LogP contribution in [0.4, 0.5) is 13.2 Å². The molecule has 0 aromatic heterocycles. The van der Waals surface area contributed by atoms with Gasteiger partial charge in [-0.2, -0.15) is 13.2 Å². The number of hydrogen-bond donors (Lipinski definition) is 1. The van der Waals surface area contributed by atoms with Crippen LogP contribution in [0.25, 0.3) is 0 Å². The van der Waals surface area contributed by atoms with Gasteiger partial charge in [0.2, 0.25) is 0 Å². The maximum atomic E-state index is 11.8. The van der Waals surface area contributed by atoms with E-state index in [-0.39, 0.29) is 18.2 Å². The van der Waals surface area contributed by atoms with Gasteiger partial charge in [-0.15, -0.1) is 0 Å². The molecule has 0 aliphatic rings. The Hall–Kier alpha value is -0.300. The molecule has 1 unspecified atom stereocenters. The summed E-state index contributed by atoms with van der Waals surface area (Å²) in [6, 6.07) is 0. The van der Waals surface area contributed by atoms with Gasteiger partial charge in [0.05, 0.1) is 17.5 Å². The first-order valence-corrected chi connectivity index (χ1v) is 6.77. The van der Waals surface area contributed by atoms with Gasteiger partial charge < -0.3 is 5.32 Å². The Kier molecular flexibility index (Phi) is 5.75. The van der Waals surface area contributed by atoms with Crippen LogP contribution in [0.5, 0.6) is 0 Å². The molecule has 0 fully saturated rings. The largest absolute Gasteiger partial charge is 0.401 e. The van der Waals surface area contributed by atoms with Crippen LogP contribution in [0.3, 0.4) is 0 Å². The van der Waals surface area contributed by atoms with E-state index < -0.39 is 27.8 Å². The van der Waals surface area contributed by atoms with Gasteiger partial charge >= 0.3 is 6.18 Å². The molecule has 0 rings (SSSR count). The highest BCUT2D eigenvalue weighted by Gasteiger charge is 2.27. The van der Waals surface area contributed by atoms with Crippen molar-refractivity contribution in [1.82, 2.24) is 5.32 Å². The van der Waals surface area contributed by atoms with Crippen molar-refractivity contribution in [2.75, 3.05) is 18.8 Å². The lowest BCUT2D eigenvalue weighted by atomic mass is 10.2. The Bertz CT molecular complexity index is 298. The number of sulfone groups is 1. The van der Waals surface area contributed by atoms with Gasteiger partial charge in [0.15, 0.2) is 9.84 Å². The predicted molar refractivity (Wildman–Crippen MR) is 57.0 cm³/mol. The van der Waals surface area contributed by atoms with Crippen LogP contribution < -0.4 is 5.32 Å². The maximum absolute atomic E-state index is 11.8. The molecule has 7 heteroatoms. The summed E-state index contributed by atoms with van der Waals surface area (Å²) in [7, 11) is -3.31. The van der Waals surface area contributed by atoms with Gasteiger partial charge in [0.1, 0.15) is 0 Å². The van der Waals surface area contributed by atoms with Gasteiger partial charge in [-0.1, -0.05) is 13.8 Å². The Morgan fingerprint density at radius 2 is 1.69 bits per heavy atom. The van der Waals surface area contributed by atoms with Crippen molar-refractivity contribution in [2.45, 2.75) is 32.2 Å². The second-order valence-electron chi connectivity index (χ2n) is 4.11. The molecule has 0 radical (unpaired) electrons. The van der Waals surface area contributed by atoms with Gasteiger partial charge in [0, 0.05) is 6.54 Å². The fourth-order valence-corrected chi connectivity index (χ4v) is 2.68. The van der Waals surface area contributed by atoms with Crippen molar-refractivity contribution in [2.24, 2.45) is 5.92 Å². The van der Waals surface area contributed by atoms with E-state index in [1.165, 1.54) is 0 Å². The summed E-state index contributed by atoms with van der Waals surface area (Å²) in [6.45, 7) is 3.79. The van der Waals surface area contributed by atoms with Crippen molar-refractivity contribution >= 4 is 9.84 Å². The molecule has 0 aromatic carbocycles. The summed E-state index contributed by atoms with van der Waals surface area (Å²) < 4.78 is 58.4. The topological polar surface area (TPSA) is 46.2 Å². The van der Waals surface area contributed by atoms with Crippen molar-refractivity contribution in [3.8, 4) is 0 Å². The van der Waals surface area contributed by atoms with E-state index in [4.69, 9.17) is 0 Å². The third-order valence-corrected chi connectivity index (χ3v) is 4.84. The van der Waals surface area contributed by atoms with Crippen LogP contribution in [0.2, 0.25) is 0 Å². The minimum absolute atomic E-state index is 0.0346. The van der Waals surface area contributed by atoms with E-state index >= 15 is 0 Å². The van der Waals surface area contributed by atoms with Crippen molar-refractivity contribution in [1.29, 1.82) is 0 Å². The highest BCUT2D eigenvalue weighted by molar-refractivity contribution is 7.92. The summed E-state index contributed by atoms with van der Waals surface area (Å²) in [5.74, 6) is -0.296. The average molecular weight is 261 g/mol. The minimum atomic E-state index is -4.30. The van der Waals surface area contributed by atoms with E-state index in [2.05, 4.69) is 5.32 Å². The van der Waals surface area contributed by atoms with Gasteiger partial charge in [-0.3, -0.25) is 0 Å². The Morgan fingerprint density at radius 1 is 1.19 bits per heavy atom. The zero-order valence-electron chi connectivity index (χ0n) is 9.63. The maximum Gasteiger partial charge on any atom is 0.401 e. The molecule has 0 aliphatic heterocycles. The number of nitrogens with one attached hydrogen (secondary N) is 1. The summed E-state index contributed by atoms with van der Waals surface area (Å²) in [5, 5.41) is 1.54. The molecule has 1 atom stereocenters. The van der Waals surface area contributed by atoms with Crippen LogP contribution >= 0.6 is 0 Å².